The standard InChI is InChI=1S/C28H30F2N4O7/c1-6-40-28(39)32(5)17-9-33(10-17)25-14(3)24-22(13(2)23(25)30)26(36)18(27(37)38)11-34(24)21-8-20(31)19(29)7-16(21)12-41-15(4)35/h7-8,11,17H,6,9-10,12,31H2,1-5H3,(H,37,38). The van der Waals surface area contributed by atoms with Crippen molar-refractivity contribution in [2.24, 2.45) is 0 Å². The predicted molar refractivity (Wildman–Crippen MR) is 147 cm³/mol. The van der Waals surface area contributed by atoms with Gasteiger partial charge in [0.2, 0.25) is 5.43 Å². The molecular formula is C28H30F2N4O7. The normalized spacial score (nSPS) is 13.2. The third-order valence-electron chi connectivity index (χ3n) is 7.23. The molecule has 11 nitrogen and oxygen atoms in total. The number of carbonyl (C=O) groups is 3. The van der Waals surface area contributed by atoms with Crippen molar-refractivity contribution in [2.45, 2.75) is 40.3 Å². The minimum Gasteiger partial charge on any atom is -0.477 e. The molecule has 1 aliphatic heterocycles. The van der Waals surface area contributed by atoms with Gasteiger partial charge in [-0.3, -0.25) is 9.59 Å². The Hall–Kier alpha value is -4.68. The Labute approximate surface area is 233 Å². The number of aromatic nitrogens is 1. The molecule has 1 amide bonds. The summed E-state index contributed by atoms with van der Waals surface area (Å²) in [5, 5.41) is 9.64. The van der Waals surface area contributed by atoms with Gasteiger partial charge in [-0.05, 0) is 32.9 Å². The van der Waals surface area contributed by atoms with Gasteiger partial charge in [-0.15, -0.1) is 0 Å². The average molecular weight is 573 g/mol. The lowest BCUT2D eigenvalue weighted by Crippen LogP contribution is -2.60. The first-order chi connectivity index (χ1) is 19.3. The fourth-order valence-electron chi connectivity index (χ4n) is 5.01. The SMILES string of the molecule is CCOC(=O)N(C)C1CN(c2c(F)c(C)c3c(=O)c(C(=O)O)cn(-c4cc(N)c(F)cc4COC(C)=O)c3c2C)C1. The number of benzene rings is 2. The van der Waals surface area contributed by atoms with Crippen LogP contribution in [0.4, 0.5) is 25.0 Å². The summed E-state index contributed by atoms with van der Waals surface area (Å²) in [5.74, 6) is -3.69. The van der Waals surface area contributed by atoms with Crippen LogP contribution in [0.15, 0.2) is 23.1 Å². The fourth-order valence-corrected chi connectivity index (χ4v) is 5.01. The fraction of sp³-hybridized carbons (Fsp3) is 0.357. The molecule has 0 spiro atoms. The van der Waals surface area contributed by atoms with Crippen molar-refractivity contribution in [3.05, 3.63) is 62.4 Å². The number of anilines is 2. The van der Waals surface area contributed by atoms with Gasteiger partial charge in [-0.1, -0.05) is 0 Å². The zero-order chi connectivity index (χ0) is 30.3. The van der Waals surface area contributed by atoms with E-state index < -0.39 is 40.7 Å². The maximum absolute atomic E-state index is 16.0. The number of rotatable bonds is 7. The highest BCUT2D eigenvalue weighted by molar-refractivity contribution is 5.98. The van der Waals surface area contributed by atoms with E-state index in [1.807, 2.05) is 0 Å². The second-order valence-corrected chi connectivity index (χ2v) is 9.83. The van der Waals surface area contributed by atoms with Crippen LogP contribution in [0, 0.1) is 25.5 Å². The summed E-state index contributed by atoms with van der Waals surface area (Å²) < 4.78 is 41.9. The van der Waals surface area contributed by atoms with E-state index in [1.54, 1.807) is 25.8 Å². The Balaban J connectivity index is 1.98. The molecule has 4 rings (SSSR count). The number of ether oxygens (including phenoxy) is 2. The summed E-state index contributed by atoms with van der Waals surface area (Å²) in [6.07, 6.45) is 0.562. The van der Waals surface area contributed by atoms with E-state index >= 15 is 4.39 Å². The summed E-state index contributed by atoms with van der Waals surface area (Å²) in [6.45, 7) is 6.20. The number of nitrogen functional groups attached to an aromatic ring is 1. The second kappa shape index (κ2) is 11.1. The molecule has 0 atom stereocenters. The van der Waals surface area contributed by atoms with Gasteiger partial charge in [-0.25, -0.2) is 18.4 Å². The van der Waals surface area contributed by atoms with Gasteiger partial charge in [0.25, 0.3) is 0 Å². The zero-order valence-electron chi connectivity index (χ0n) is 23.2. The van der Waals surface area contributed by atoms with E-state index in [0.29, 0.717) is 5.56 Å². The average Bonchev–Trinajstić information content (AvgIpc) is 2.88. The van der Waals surface area contributed by atoms with Crippen molar-refractivity contribution in [3.8, 4) is 5.69 Å². The molecule has 13 heteroatoms. The molecule has 0 unspecified atom stereocenters. The maximum atomic E-state index is 16.0. The van der Waals surface area contributed by atoms with Crippen LogP contribution in [0.3, 0.4) is 0 Å². The number of carboxylic acid groups (broad SMARTS) is 1. The van der Waals surface area contributed by atoms with Crippen molar-refractivity contribution in [3.63, 3.8) is 0 Å². The lowest BCUT2D eigenvalue weighted by molar-refractivity contribution is -0.142. The van der Waals surface area contributed by atoms with Crippen LogP contribution in [0.1, 0.15) is 40.9 Å². The summed E-state index contributed by atoms with van der Waals surface area (Å²) in [4.78, 5) is 52.2. The van der Waals surface area contributed by atoms with Gasteiger partial charge >= 0.3 is 18.0 Å². The number of hydrogen-bond acceptors (Lipinski definition) is 8. The molecule has 1 aliphatic rings. The molecule has 0 radical (unpaired) electrons. The molecule has 0 aliphatic carbocycles. The molecule has 3 aromatic rings. The molecule has 1 fully saturated rings. The lowest BCUT2D eigenvalue weighted by atomic mass is 9.96. The van der Waals surface area contributed by atoms with Crippen molar-refractivity contribution in [1.29, 1.82) is 0 Å². The van der Waals surface area contributed by atoms with Crippen LogP contribution < -0.4 is 16.1 Å². The molecule has 0 saturated carbocycles. The number of aryl methyl sites for hydroxylation is 2. The van der Waals surface area contributed by atoms with Gasteiger partial charge in [0, 0.05) is 49.9 Å². The van der Waals surface area contributed by atoms with E-state index in [0.717, 1.165) is 12.3 Å². The molecule has 2 heterocycles. The Bertz CT molecular complexity index is 1650. The number of carboxylic acids is 1. The monoisotopic (exact) mass is 572 g/mol. The van der Waals surface area contributed by atoms with Gasteiger partial charge in [-0.2, -0.15) is 0 Å². The number of hydrogen-bond donors (Lipinski definition) is 2. The van der Waals surface area contributed by atoms with Crippen LogP contribution in [0.5, 0.6) is 0 Å². The van der Waals surface area contributed by atoms with Crippen molar-refractivity contribution in [2.75, 3.05) is 37.4 Å². The molecule has 0 bridgehead atoms. The topological polar surface area (TPSA) is 144 Å². The number of likely N-dealkylation sites (N-methyl/N-ethyl adjacent to an activating group) is 1. The highest BCUT2D eigenvalue weighted by Crippen LogP contribution is 2.38. The van der Waals surface area contributed by atoms with Crippen molar-refractivity contribution < 1.29 is 37.7 Å². The zero-order valence-corrected chi connectivity index (χ0v) is 23.2. The maximum Gasteiger partial charge on any atom is 0.409 e. The minimum atomic E-state index is -1.55. The molecule has 218 valence electrons. The van der Waals surface area contributed by atoms with E-state index in [4.69, 9.17) is 15.2 Å². The summed E-state index contributed by atoms with van der Waals surface area (Å²) in [6, 6.07) is 2.03. The predicted octanol–water partition coefficient (Wildman–Crippen LogP) is 3.51. The van der Waals surface area contributed by atoms with Crippen LogP contribution in [-0.4, -0.2) is 65.4 Å². The highest BCUT2D eigenvalue weighted by Gasteiger charge is 2.37. The number of nitrogens with two attached hydrogens (primary N) is 1. The first-order valence-corrected chi connectivity index (χ1v) is 12.8. The van der Waals surface area contributed by atoms with E-state index in [1.165, 1.54) is 29.4 Å². The van der Waals surface area contributed by atoms with Gasteiger partial charge < -0.3 is 34.7 Å². The molecule has 41 heavy (non-hydrogen) atoms. The number of esters is 1. The Kier molecular flexibility index (Phi) is 7.91. The Morgan fingerprint density at radius 1 is 1.15 bits per heavy atom. The molecule has 1 aromatic heterocycles. The Morgan fingerprint density at radius 3 is 2.39 bits per heavy atom. The van der Waals surface area contributed by atoms with Gasteiger partial charge in [0.05, 0.1) is 40.6 Å². The van der Waals surface area contributed by atoms with Crippen LogP contribution in [0.25, 0.3) is 16.6 Å². The van der Waals surface area contributed by atoms with Gasteiger partial charge in [0.1, 0.15) is 18.0 Å². The van der Waals surface area contributed by atoms with Crippen molar-refractivity contribution in [1.82, 2.24) is 9.47 Å². The first-order valence-electron chi connectivity index (χ1n) is 12.8. The molecule has 3 N–H and O–H groups in total. The summed E-state index contributed by atoms with van der Waals surface area (Å²) in [5.41, 5.74) is 4.87. The quantitative estimate of drug-likeness (QED) is 0.321. The molecular weight excluding hydrogens is 542 g/mol. The number of nitrogens with zero attached hydrogens (tertiary/aromatic N) is 3. The number of fused-ring (bicyclic) bond motifs is 1. The Morgan fingerprint density at radius 2 is 1.80 bits per heavy atom. The summed E-state index contributed by atoms with van der Waals surface area (Å²) in [7, 11) is 1.59. The minimum absolute atomic E-state index is 0.0822. The summed E-state index contributed by atoms with van der Waals surface area (Å²) >= 11 is 0. The third kappa shape index (κ3) is 5.14. The number of halogens is 2. The number of amides is 1. The molecule has 1 saturated heterocycles. The van der Waals surface area contributed by atoms with E-state index in [9.17, 15) is 28.7 Å². The number of aromatic carboxylic acids is 1. The second-order valence-electron chi connectivity index (χ2n) is 9.83. The van der Waals surface area contributed by atoms with E-state index in [2.05, 4.69) is 0 Å². The third-order valence-corrected chi connectivity index (χ3v) is 7.23. The smallest absolute Gasteiger partial charge is 0.409 e. The lowest BCUT2D eigenvalue weighted by Gasteiger charge is -2.45. The van der Waals surface area contributed by atoms with Crippen LogP contribution >= 0.6 is 0 Å². The highest BCUT2D eigenvalue weighted by atomic mass is 19.1. The van der Waals surface area contributed by atoms with Crippen LogP contribution in [-0.2, 0) is 20.9 Å². The van der Waals surface area contributed by atoms with Gasteiger partial charge in [0.15, 0.2) is 5.82 Å². The van der Waals surface area contributed by atoms with E-state index in [-0.39, 0.29) is 71.4 Å². The number of pyridine rings is 1. The first kappa shape index (κ1) is 29.3. The van der Waals surface area contributed by atoms with Crippen molar-refractivity contribution >= 4 is 40.3 Å². The van der Waals surface area contributed by atoms with Crippen LogP contribution in [0.2, 0.25) is 0 Å². The largest absolute Gasteiger partial charge is 0.477 e. The number of carbonyl (C=O) groups excluding carboxylic acids is 2. The molecule has 2 aromatic carbocycles.